The van der Waals surface area contributed by atoms with Gasteiger partial charge < -0.3 is 19.6 Å². The van der Waals surface area contributed by atoms with E-state index in [9.17, 15) is 19.5 Å². The van der Waals surface area contributed by atoms with E-state index in [4.69, 9.17) is 4.74 Å². The van der Waals surface area contributed by atoms with Gasteiger partial charge in [0.2, 0.25) is 11.8 Å². The van der Waals surface area contributed by atoms with E-state index in [-0.39, 0.29) is 55.4 Å². The van der Waals surface area contributed by atoms with Gasteiger partial charge in [-0.3, -0.25) is 14.4 Å². The monoisotopic (exact) mass is 595 g/mol. The first-order chi connectivity index (χ1) is 20.3. The van der Waals surface area contributed by atoms with Crippen LogP contribution in [0.3, 0.4) is 0 Å². The molecule has 0 saturated carbocycles. The molecule has 3 fully saturated rings. The van der Waals surface area contributed by atoms with Crippen molar-refractivity contribution in [2.45, 2.75) is 74.7 Å². The van der Waals surface area contributed by atoms with Crippen LogP contribution in [0.4, 0.5) is 0 Å². The van der Waals surface area contributed by atoms with Crippen molar-refractivity contribution in [3.8, 4) is 0 Å². The largest absolute Gasteiger partial charge is 0.465 e. The van der Waals surface area contributed by atoms with Crippen molar-refractivity contribution in [2.24, 2.45) is 17.8 Å². The number of allylic oxidation sites excluding steroid dienone is 1. The first kappa shape index (κ1) is 30.3. The Balaban J connectivity index is 1.51. The highest BCUT2D eigenvalue weighted by atomic mass is 32.2. The molecular formula is C31H41N5O5S. The van der Waals surface area contributed by atoms with Crippen molar-refractivity contribution < 1.29 is 24.2 Å². The molecule has 1 N–H and O–H groups in total. The summed E-state index contributed by atoms with van der Waals surface area (Å²) in [6, 6.07) is 6.15. The minimum absolute atomic E-state index is 0.0897. The maximum absolute atomic E-state index is 14.7. The zero-order chi connectivity index (χ0) is 30.0. The first-order valence-corrected chi connectivity index (χ1v) is 15.7. The number of amides is 2. The Morgan fingerprint density at radius 1 is 1.29 bits per heavy atom. The SMILES string of the molecule is C=CCCCOC(=O)[C@@H]1[C@H]2C(=O)N([C@@H](CO)CC(C)C)C(C(=O)N(CC=C)Cn3nnc4ccccc43)C23CC[C@H]1S3. The molecule has 2 unspecified atom stereocenters. The number of aliphatic hydroxyl groups excluding tert-OH is 1. The Hall–Kier alpha value is -3.18. The number of unbranched alkanes of at least 4 members (excludes halogenated alkanes) is 1. The van der Waals surface area contributed by atoms with E-state index in [1.54, 1.807) is 38.4 Å². The standard InChI is InChI=1S/C31H41N5O5S/c1-5-7-10-16-41-30(40)25-24-13-14-31(42-24)26(25)28(38)36(21(18-37)17-20(3)4)27(31)29(39)34(15-6-2)19-35-23-12-9-8-11-22(23)32-33-35/h5-6,8-9,11-12,20-21,24-27,37H,1-2,7,10,13-19H2,3-4H3/t21-,24-,25+,26+,27?,31?/m1/s1. The number of hydrogen-bond acceptors (Lipinski definition) is 8. The average Bonchev–Trinajstić information content (AvgIpc) is 3.73. The molecule has 3 saturated heterocycles. The highest BCUT2D eigenvalue weighted by Gasteiger charge is 2.74. The topological polar surface area (TPSA) is 118 Å². The number of likely N-dealkylation sites (tertiary alicyclic amines) is 1. The van der Waals surface area contributed by atoms with Crippen LogP contribution in [0.25, 0.3) is 11.0 Å². The van der Waals surface area contributed by atoms with Gasteiger partial charge in [-0.05, 0) is 50.2 Å². The van der Waals surface area contributed by atoms with Crippen LogP contribution in [0.2, 0.25) is 0 Å². The van der Waals surface area contributed by atoms with Crippen LogP contribution in [0.15, 0.2) is 49.6 Å². The molecule has 226 valence electrons. The summed E-state index contributed by atoms with van der Waals surface area (Å²) in [5.41, 5.74) is 1.51. The highest BCUT2D eigenvalue weighted by Crippen LogP contribution is 2.67. The van der Waals surface area contributed by atoms with Gasteiger partial charge in [-0.1, -0.05) is 43.3 Å². The van der Waals surface area contributed by atoms with Gasteiger partial charge in [0, 0.05) is 11.8 Å². The van der Waals surface area contributed by atoms with Gasteiger partial charge in [0.1, 0.15) is 18.2 Å². The zero-order valence-corrected chi connectivity index (χ0v) is 25.2. The summed E-state index contributed by atoms with van der Waals surface area (Å²) in [5, 5.41) is 19.0. The van der Waals surface area contributed by atoms with E-state index >= 15 is 0 Å². The third kappa shape index (κ3) is 5.25. The fourth-order valence-corrected chi connectivity index (χ4v) is 9.27. The molecule has 4 heterocycles. The zero-order valence-electron chi connectivity index (χ0n) is 24.4. The summed E-state index contributed by atoms with van der Waals surface area (Å²) < 4.78 is 6.56. The Morgan fingerprint density at radius 2 is 2.07 bits per heavy atom. The van der Waals surface area contributed by atoms with Crippen LogP contribution in [0.5, 0.6) is 0 Å². The Labute approximate surface area is 251 Å². The van der Waals surface area contributed by atoms with E-state index in [2.05, 4.69) is 23.5 Å². The number of rotatable bonds is 14. The number of carbonyl (C=O) groups is 3. The van der Waals surface area contributed by atoms with Crippen molar-refractivity contribution in [3.63, 3.8) is 0 Å². The van der Waals surface area contributed by atoms with E-state index < -0.39 is 28.7 Å². The predicted molar refractivity (Wildman–Crippen MR) is 161 cm³/mol. The molecule has 2 aromatic rings. The van der Waals surface area contributed by atoms with Crippen molar-refractivity contribution >= 4 is 40.6 Å². The molecule has 11 heteroatoms. The summed E-state index contributed by atoms with van der Waals surface area (Å²) in [4.78, 5) is 45.8. The molecule has 3 aliphatic rings. The molecular weight excluding hydrogens is 554 g/mol. The molecule has 42 heavy (non-hydrogen) atoms. The second kappa shape index (κ2) is 12.6. The maximum Gasteiger partial charge on any atom is 0.310 e. The molecule has 1 aromatic heterocycles. The number of carbonyl (C=O) groups excluding carboxylic acids is 3. The van der Waals surface area contributed by atoms with Crippen LogP contribution in [0, 0.1) is 17.8 Å². The minimum atomic E-state index is -0.839. The van der Waals surface area contributed by atoms with E-state index in [0.717, 1.165) is 23.9 Å². The minimum Gasteiger partial charge on any atom is -0.465 e. The summed E-state index contributed by atoms with van der Waals surface area (Å²) in [6.45, 7) is 12.0. The molecule has 10 nitrogen and oxygen atoms in total. The molecule has 2 amide bonds. The summed E-state index contributed by atoms with van der Waals surface area (Å²) in [5.74, 6) is -1.96. The number of benzene rings is 1. The number of thioether (sulfide) groups is 1. The van der Waals surface area contributed by atoms with Gasteiger partial charge in [0.15, 0.2) is 0 Å². The van der Waals surface area contributed by atoms with Crippen LogP contribution < -0.4 is 0 Å². The molecule has 6 atom stereocenters. The number of para-hydroxylation sites is 1. The highest BCUT2D eigenvalue weighted by molar-refractivity contribution is 8.02. The average molecular weight is 596 g/mol. The van der Waals surface area contributed by atoms with Gasteiger partial charge in [-0.25, -0.2) is 4.68 Å². The third-order valence-electron chi connectivity index (χ3n) is 8.77. The Kier molecular flexibility index (Phi) is 9.08. The molecule has 1 aromatic carbocycles. The Morgan fingerprint density at radius 3 is 2.79 bits per heavy atom. The smallest absolute Gasteiger partial charge is 0.310 e. The second-order valence-corrected chi connectivity index (χ2v) is 13.5. The number of esters is 1. The van der Waals surface area contributed by atoms with Crippen molar-refractivity contribution in [1.29, 1.82) is 0 Å². The lowest BCUT2D eigenvalue weighted by Crippen LogP contribution is -2.57. The summed E-state index contributed by atoms with van der Waals surface area (Å²) in [6.07, 6.45) is 6.75. The van der Waals surface area contributed by atoms with E-state index in [1.165, 1.54) is 0 Å². The molecule has 0 aliphatic carbocycles. The van der Waals surface area contributed by atoms with Crippen LogP contribution >= 0.6 is 11.8 Å². The number of nitrogens with zero attached hydrogens (tertiary/aromatic N) is 5. The molecule has 1 spiro atoms. The van der Waals surface area contributed by atoms with Crippen LogP contribution in [-0.2, 0) is 25.8 Å². The third-order valence-corrected chi connectivity index (χ3v) is 10.7. The molecule has 2 bridgehead atoms. The fourth-order valence-electron chi connectivity index (χ4n) is 7.08. The fraction of sp³-hybridized carbons (Fsp3) is 0.581. The molecule has 3 aliphatic heterocycles. The van der Waals surface area contributed by atoms with Crippen LogP contribution in [-0.4, -0.2) is 89.5 Å². The molecule has 0 radical (unpaired) electrons. The number of ether oxygens (including phenoxy) is 1. The predicted octanol–water partition coefficient (Wildman–Crippen LogP) is 3.41. The van der Waals surface area contributed by atoms with Crippen molar-refractivity contribution in [2.75, 3.05) is 19.8 Å². The normalized spacial score (nSPS) is 27.0. The van der Waals surface area contributed by atoms with Gasteiger partial charge in [-0.2, -0.15) is 0 Å². The lowest BCUT2D eigenvalue weighted by Gasteiger charge is -2.40. The van der Waals surface area contributed by atoms with Gasteiger partial charge >= 0.3 is 5.97 Å². The van der Waals surface area contributed by atoms with Gasteiger partial charge in [0.05, 0.1) is 41.4 Å². The number of hydrogen-bond donors (Lipinski definition) is 1. The lowest BCUT2D eigenvalue weighted by atomic mass is 9.71. The van der Waals surface area contributed by atoms with Crippen LogP contribution in [0.1, 0.15) is 46.0 Å². The molecule has 5 rings (SSSR count). The van der Waals surface area contributed by atoms with Crippen molar-refractivity contribution in [1.82, 2.24) is 24.8 Å². The van der Waals surface area contributed by atoms with Gasteiger partial charge in [0.25, 0.3) is 0 Å². The maximum atomic E-state index is 14.7. The number of fused-ring (bicyclic) bond motifs is 2. The second-order valence-electron chi connectivity index (χ2n) is 11.9. The quantitative estimate of drug-likeness (QED) is 0.201. The van der Waals surface area contributed by atoms with E-state index in [1.807, 2.05) is 38.1 Å². The summed E-state index contributed by atoms with van der Waals surface area (Å²) >= 11 is 1.60. The van der Waals surface area contributed by atoms with E-state index in [0.29, 0.717) is 19.3 Å². The Bertz CT molecular complexity index is 1350. The van der Waals surface area contributed by atoms with Crippen molar-refractivity contribution in [3.05, 3.63) is 49.6 Å². The first-order valence-electron chi connectivity index (χ1n) is 14.8. The lowest BCUT2D eigenvalue weighted by molar-refractivity contribution is -0.154. The number of aliphatic hydroxyl groups is 1. The summed E-state index contributed by atoms with van der Waals surface area (Å²) in [7, 11) is 0. The van der Waals surface area contributed by atoms with Gasteiger partial charge in [-0.15, -0.1) is 30.0 Å². The number of aromatic nitrogens is 3.